The molecular weight excluding hydrogens is 361 g/mol. The van der Waals surface area contributed by atoms with Gasteiger partial charge in [0.05, 0.1) is 11.3 Å². The van der Waals surface area contributed by atoms with Crippen molar-refractivity contribution in [2.45, 2.75) is 24.3 Å². The minimum atomic E-state index is -3.71. The monoisotopic (exact) mass is 379 g/mol. The summed E-state index contributed by atoms with van der Waals surface area (Å²) < 4.78 is 44.2. The second-order valence-electron chi connectivity index (χ2n) is 5.46. The number of hydrogen-bond donors (Lipinski definition) is 1. The molecule has 1 N–H and O–H groups in total. The first-order valence-electron chi connectivity index (χ1n) is 7.83. The van der Waals surface area contributed by atoms with E-state index in [1.165, 1.54) is 31.2 Å². The van der Waals surface area contributed by atoms with Gasteiger partial charge in [-0.25, -0.2) is 17.5 Å². The average molecular weight is 379 g/mol. The van der Waals surface area contributed by atoms with E-state index >= 15 is 0 Å². The predicted molar refractivity (Wildman–Crippen MR) is 92.5 cm³/mol. The number of esters is 1. The molecule has 0 unspecified atom stereocenters. The van der Waals surface area contributed by atoms with Crippen molar-refractivity contribution in [1.29, 1.82) is 0 Å². The van der Waals surface area contributed by atoms with Crippen molar-refractivity contribution in [2.24, 2.45) is 0 Å². The average Bonchev–Trinajstić information content (AvgIpc) is 2.62. The van der Waals surface area contributed by atoms with Crippen molar-refractivity contribution in [3.05, 3.63) is 66.0 Å². The van der Waals surface area contributed by atoms with Crippen LogP contribution in [0.5, 0.6) is 0 Å². The Bertz CT molecular complexity index is 866. The summed E-state index contributed by atoms with van der Waals surface area (Å²) in [5.74, 6) is -1.66. The minimum Gasteiger partial charge on any atom is -0.454 e. The largest absolute Gasteiger partial charge is 0.454 e. The van der Waals surface area contributed by atoms with Gasteiger partial charge in [0.15, 0.2) is 6.10 Å². The quantitative estimate of drug-likeness (QED) is 0.562. The molecule has 0 aliphatic carbocycles. The molecule has 0 spiro atoms. The number of hydrogen-bond acceptors (Lipinski definition) is 5. The van der Waals surface area contributed by atoms with E-state index in [2.05, 4.69) is 4.72 Å². The smallest absolute Gasteiger partial charge is 0.307 e. The Morgan fingerprint density at radius 3 is 2.31 bits per heavy atom. The van der Waals surface area contributed by atoms with E-state index in [0.717, 1.165) is 12.1 Å². The van der Waals surface area contributed by atoms with Crippen LogP contribution in [0.3, 0.4) is 0 Å². The maximum Gasteiger partial charge on any atom is 0.307 e. The van der Waals surface area contributed by atoms with Crippen LogP contribution >= 0.6 is 0 Å². The van der Waals surface area contributed by atoms with Gasteiger partial charge in [0.2, 0.25) is 15.8 Å². The third kappa shape index (κ3) is 5.47. The SMILES string of the molecule is C[C@@H](OC(=O)CCNS(=O)(=O)c1ccccc1)C(=O)c1ccc(F)cc1. The van der Waals surface area contributed by atoms with Gasteiger partial charge in [-0.3, -0.25) is 9.59 Å². The molecule has 0 bridgehead atoms. The highest BCUT2D eigenvalue weighted by Gasteiger charge is 2.20. The molecule has 0 aliphatic heterocycles. The number of rotatable bonds is 8. The van der Waals surface area contributed by atoms with Crippen LogP contribution in [0, 0.1) is 5.82 Å². The van der Waals surface area contributed by atoms with Gasteiger partial charge in [-0.1, -0.05) is 18.2 Å². The Labute approximate surface area is 151 Å². The van der Waals surface area contributed by atoms with E-state index in [-0.39, 0.29) is 23.4 Å². The summed E-state index contributed by atoms with van der Waals surface area (Å²) in [5, 5.41) is 0. The molecule has 1 atom stereocenters. The highest BCUT2D eigenvalue weighted by molar-refractivity contribution is 7.89. The molecule has 2 rings (SSSR count). The van der Waals surface area contributed by atoms with Gasteiger partial charge >= 0.3 is 5.97 Å². The lowest BCUT2D eigenvalue weighted by molar-refractivity contribution is -0.146. The number of nitrogens with one attached hydrogen (secondary N) is 1. The first-order valence-corrected chi connectivity index (χ1v) is 9.32. The number of benzene rings is 2. The van der Waals surface area contributed by atoms with Crippen molar-refractivity contribution in [1.82, 2.24) is 4.72 Å². The highest BCUT2D eigenvalue weighted by Crippen LogP contribution is 2.10. The molecule has 26 heavy (non-hydrogen) atoms. The highest BCUT2D eigenvalue weighted by atomic mass is 32.2. The zero-order valence-corrected chi connectivity index (χ0v) is 14.8. The first kappa shape index (κ1) is 19.7. The fourth-order valence-electron chi connectivity index (χ4n) is 2.13. The number of ketones is 1. The molecule has 0 radical (unpaired) electrons. The fourth-order valence-corrected chi connectivity index (χ4v) is 3.18. The first-order chi connectivity index (χ1) is 12.3. The van der Waals surface area contributed by atoms with Crippen molar-refractivity contribution in [3.63, 3.8) is 0 Å². The molecule has 0 aliphatic rings. The van der Waals surface area contributed by atoms with Gasteiger partial charge in [0.25, 0.3) is 0 Å². The van der Waals surface area contributed by atoms with Crippen LogP contribution in [0.1, 0.15) is 23.7 Å². The normalized spacial score (nSPS) is 12.4. The summed E-state index contributed by atoms with van der Waals surface area (Å²) in [6, 6.07) is 12.6. The van der Waals surface area contributed by atoms with Gasteiger partial charge in [0.1, 0.15) is 5.82 Å². The van der Waals surface area contributed by atoms with E-state index in [1.54, 1.807) is 18.2 Å². The van der Waals surface area contributed by atoms with Crippen LogP contribution in [0.15, 0.2) is 59.5 Å². The second-order valence-corrected chi connectivity index (χ2v) is 7.23. The summed E-state index contributed by atoms with van der Waals surface area (Å²) in [6.07, 6.45) is -1.29. The van der Waals surface area contributed by atoms with Crippen LogP contribution in [0.25, 0.3) is 0 Å². The maximum absolute atomic E-state index is 12.9. The van der Waals surface area contributed by atoms with Crippen molar-refractivity contribution < 1.29 is 27.1 Å². The van der Waals surface area contributed by atoms with Gasteiger partial charge in [-0.15, -0.1) is 0 Å². The molecular formula is C18H18FNO5S. The third-order valence-corrected chi connectivity index (χ3v) is 4.96. The Kier molecular flexibility index (Phi) is 6.59. The van der Waals surface area contributed by atoms with Crippen LogP contribution in [0.4, 0.5) is 4.39 Å². The van der Waals surface area contributed by atoms with Gasteiger partial charge in [-0.05, 0) is 43.3 Å². The molecule has 138 valence electrons. The lowest BCUT2D eigenvalue weighted by atomic mass is 10.1. The van der Waals surface area contributed by atoms with E-state index in [1.807, 2.05) is 0 Å². The van der Waals surface area contributed by atoms with Crippen molar-refractivity contribution in [3.8, 4) is 0 Å². The molecule has 0 amide bonds. The molecule has 0 fully saturated rings. The van der Waals surface area contributed by atoms with Crippen LogP contribution < -0.4 is 4.72 Å². The standard InChI is InChI=1S/C18H18FNO5S/c1-13(18(22)14-7-9-15(19)10-8-14)25-17(21)11-12-20-26(23,24)16-5-3-2-4-6-16/h2-10,13,20H,11-12H2,1H3/t13-/m1/s1. The molecule has 0 saturated heterocycles. The summed E-state index contributed by atoms with van der Waals surface area (Å²) in [7, 11) is -3.71. The molecule has 2 aromatic carbocycles. The lowest BCUT2D eigenvalue weighted by Crippen LogP contribution is -2.29. The second kappa shape index (κ2) is 8.68. The van der Waals surface area contributed by atoms with Crippen molar-refractivity contribution in [2.75, 3.05) is 6.54 Å². The summed E-state index contributed by atoms with van der Waals surface area (Å²) in [5.41, 5.74) is 0.219. The zero-order valence-electron chi connectivity index (χ0n) is 14.0. The molecule has 0 aromatic heterocycles. The molecule has 0 saturated carbocycles. The fraction of sp³-hybridized carbons (Fsp3) is 0.222. The number of carbonyl (C=O) groups is 2. The Hall–Kier alpha value is -2.58. The Morgan fingerprint density at radius 1 is 1.08 bits per heavy atom. The Balaban J connectivity index is 1.83. The number of sulfonamides is 1. The van der Waals surface area contributed by atoms with E-state index in [4.69, 9.17) is 4.74 Å². The minimum absolute atomic E-state index is 0.0909. The van der Waals surface area contributed by atoms with Gasteiger partial charge < -0.3 is 4.74 Å². The molecule has 8 heteroatoms. The third-order valence-electron chi connectivity index (χ3n) is 3.48. The molecule has 2 aromatic rings. The summed E-state index contributed by atoms with van der Waals surface area (Å²) in [4.78, 5) is 24.0. The van der Waals surface area contributed by atoms with E-state index in [9.17, 15) is 22.4 Å². The Morgan fingerprint density at radius 2 is 1.69 bits per heavy atom. The van der Waals surface area contributed by atoms with Crippen LogP contribution in [0.2, 0.25) is 0 Å². The topological polar surface area (TPSA) is 89.5 Å². The van der Waals surface area contributed by atoms with Crippen molar-refractivity contribution >= 4 is 21.8 Å². The van der Waals surface area contributed by atoms with E-state index in [0.29, 0.717) is 0 Å². The van der Waals surface area contributed by atoms with Gasteiger partial charge in [0, 0.05) is 12.1 Å². The molecule has 6 nitrogen and oxygen atoms in total. The van der Waals surface area contributed by atoms with Gasteiger partial charge in [-0.2, -0.15) is 0 Å². The lowest BCUT2D eigenvalue weighted by Gasteiger charge is -2.12. The predicted octanol–water partition coefficient (Wildman–Crippen LogP) is 2.31. The van der Waals surface area contributed by atoms with Crippen LogP contribution in [-0.2, 0) is 19.6 Å². The number of Topliss-reactive ketones (excluding diaryl/α,β-unsaturated/α-hetero) is 1. The summed E-state index contributed by atoms with van der Waals surface area (Å²) in [6.45, 7) is 1.24. The van der Waals surface area contributed by atoms with Crippen LogP contribution in [-0.4, -0.2) is 32.8 Å². The number of halogens is 1. The molecule has 0 heterocycles. The summed E-state index contributed by atoms with van der Waals surface area (Å²) >= 11 is 0. The number of ether oxygens (including phenoxy) is 1. The maximum atomic E-state index is 12.9. The zero-order chi connectivity index (χ0) is 19.2. The van der Waals surface area contributed by atoms with E-state index < -0.39 is 33.7 Å². The number of carbonyl (C=O) groups excluding carboxylic acids is 2.